The van der Waals surface area contributed by atoms with Gasteiger partial charge in [0.25, 0.3) is 0 Å². The fourth-order valence-corrected chi connectivity index (χ4v) is 4.45. The van der Waals surface area contributed by atoms with Crippen molar-refractivity contribution in [2.24, 2.45) is 0 Å². The van der Waals surface area contributed by atoms with Crippen LogP contribution in [-0.2, 0) is 0 Å². The average Bonchev–Trinajstić information content (AvgIpc) is 2.40. The van der Waals surface area contributed by atoms with E-state index in [0.29, 0.717) is 0 Å². The SMILES string of the molecule is F/C=C(\Sc1ccccc1)[Se]c1ccccc1. The minimum absolute atomic E-state index is 0.0382. The first kappa shape index (κ1) is 12.4. The van der Waals surface area contributed by atoms with Gasteiger partial charge in [-0.2, -0.15) is 0 Å². The van der Waals surface area contributed by atoms with Crippen molar-refractivity contribution in [1.82, 2.24) is 0 Å². The molecule has 0 nitrogen and oxygen atoms in total. The molecule has 2 rings (SSSR count). The average molecular weight is 309 g/mol. The Labute approximate surface area is 111 Å². The second-order valence-electron chi connectivity index (χ2n) is 3.26. The van der Waals surface area contributed by atoms with E-state index in [1.807, 2.05) is 60.7 Å². The number of benzene rings is 2. The van der Waals surface area contributed by atoms with Crippen LogP contribution in [0.15, 0.2) is 75.7 Å². The van der Waals surface area contributed by atoms with Crippen LogP contribution in [0.25, 0.3) is 0 Å². The summed E-state index contributed by atoms with van der Waals surface area (Å²) in [6.07, 6.45) is 0.727. The van der Waals surface area contributed by atoms with Crippen molar-refractivity contribution in [3.05, 3.63) is 70.8 Å². The van der Waals surface area contributed by atoms with Gasteiger partial charge in [-0.05, 0) is 0 Å². The molecule has 0 fully saturated rings. The molecule has 0 spiro atoms. The molecule has 2 aromatic rings. The predicted molar refractivity (Wildman–Crippen MR) is 73.3 cm³/mol. The molecule has 0 bridgehead atoms. The molecule has 0 atom stereocenters. The van der Waals surface area contributed by atoms with Crippen LogP contribution in [0.3, 0.4) is 0 Å². The third kappa shape index (κ3) is 4.04. The maximum absolute atomic E-state index is 12.9. The summed E-state index contributed by atoms with van der Waals surface area (Å²) in [5.74, 6) is 0. The molecule has 86 valence electrons. The number of hydrogen-bond donors (Lipinski definition) is 0. The van der Waals surface area contributed by atoms with Gasteiger partial charge in [-0.1, -0.05) is 0 Å². The van der Waals surface area contributed by atoms with Gasteiger partial charge in [-0.3, -0.25) is 0 Å². The Morgan fingerprint density at radius 1 is 0.941 bits per heavy atom. The first-order chi connectivity index (χ1) is 8.38. The molecule has 0 aliphatic carbocycles. The van der Waals surface area contributed by atoms with E-state index in [2.05, 4.69) is 0 Å². The van der Waals surface area contributed by atoms with Gasteiger partial charge in [0.2, 0.25) is 0 Å². The zero-order valence-corrected chi connectivity index (χ0v) is 11.6. The Morgan fingerprint density at radius 3 is 2.12 bits per heavy atom. The van der Waals surface area contributed by atoms with Crippen LogP contribution in [0.2, 0.25) is 0 Å². The number of halogens is 1. The quantitative estimate of drug-likeness (QED) is 0.614. The standard InChI is InChI=1S/C14H11FSSe/c15-11-14(16-12-7-3-1-4-8-12)17-13-9-5-2-6-10-13/h1-11H/b14-11+. The monoisotopic (exact) mass is 310 g/mol. The summed E-state index contributed by atoms with van der Waals surface area (Å²) in [5, 5.41) is 0. The molecule has 0 N–H and O–H groups in total. The molecule has 0 aromatic heterocycles. The molecule has 0 saturated heterocycles. The zero-order valence-electron chi connectivity index (χ0n) is 9.05. The molecule has 0 radical (unpaired) electrons. The molecule has 0 aliphatic heterocycles. The summed E-state index contributed by atoms with van der Waals surface area (Å²) in [6, 6.07) is 19.9. The predicted octanol–water partition coefficient (Wildman–Crippen LogP) is 3.58. The fraction of sp³-hybridized carbons (Fsp3) is 0. The van der Waals surface area contributed by atoms with Crippen LogP contribution in [0.5, 0.6) is 0 Å². The Balaban J connectivity index is 2.04. The van der Waals surface area contributed by atoms with E-state index in [1.165, 1.54) is 16.2 Å². The fourth-order valence-electron chi connectivity index (χ4n) is 1.27. The summed E-state index contributed by atoms with van der Waals surface area (Å²) >= 11 is 1.54. The molecule has 2 aromatic carbocycles. The summed E-state index contributed by atoms with van der Waals surface area (Å²) in [6.45, 7) is 0. The summed E-state index contributed by atoms with van der Waals surface area (Å²) < 4.78 is 14.8. The van der Waals surface area contributed by atoms with E-state index >= 15 is 0 Å². The van der Waals surface area contributed by atoms with Crippen molar-refractivity contribution in [2.75, 3.05) is 0 Å². The Morgan fingerprint density at radius 2 is 1.53 bits per heavy atom. The van der Waals surface area contributed by atoms with Gasteiger partial charge in [-0.15, -0.1) is 0 Å². The van der Waals surface area contributed by atoms with E-state index in [9.17, 15) is 4.39 Å². The molecule has 0 unspecified atom stereocenters. The van der Waals surface area contributed by atoms with Crippen molar-refractivity contribution < 1.29 is 4.39 Å². The molecule has 17 heavy (non-hydrogen) atoms. The molecular weight excluding hydrogens is 298 g/mol. The van der Waals surface area contributed by atoms with Crippen LogP contribution >= 0.6 is 11.8 Å². The number of rotatable bonds is 4. The molecule has 0 aliphatic rings. The van der Waals surface area contributed by atoms with Gasteiger partial charge < -0.3 is 0 Å². The number of hydrogen-bond acceptors (Lipinski definition) is 1. The van der Waals surface area contributed by atoms with Crippen molar-refractivity contribution >= 4 is 31.2 Å². The van der Waals surface area contributed by atoms with Gasteiger partial charge in [0.15, 0.2) is 0 Å². The second kappa shape index (κ2) is 6.65. The minimum atomic E-state index is 0.0382. The van der Waals surface area contributed by atoms with Crippen LogP contribution in [0.1, 0.15) is 0 Å². The van der Waals surface area contributed by atoms with Crippen molar-refractivity contribution in [3.8, 4) is 0 Å². The molecule has 0 saturated carbocycles. The van der Waals surface area contributed by atoms with E-state index in [0.717, 1.165) is 15.0 Å². The van der Waals surface area contributed by atoms with Crippen molar-refractivity contribution in [1.29, 1.82) is 0 Å². The van der Waals surface area contributed by atoms with Crippen LogP contribution < -0.4 is 4.46 Å². The van der Waals surface area contributed by atoms with Gasteiger partial charge in [-0.25, -0.2) is 0 Å². The summed E-state index contributed by atoms with van der Waals surface area (Å²) in [5.41, 5.74) is 0. The van der Waals surface area contributed by atoms with Crippen LogP contribution in [-0.4, -0.2) is 15.0 Å². The Kier molecular flexibility index (Phi) is 4.87. The first-order valence-electron chi connectivity index (χ1n) is 5.14. The first-order valence-corrected chi connectivity index (χ1v) is 7.67. The molecule has 0 heterocycles. The molecule has 0 amide bonds. The number of thioether (sulfide) groups is 1. The third-order valence-electron chi connectivity index (χ3n) is 2.01. The Hall–Kier alpha value is -1.02. The van der Waals surface area contributed by atoms with E-state index in [1.54, 1.807) is 0 Å². The molecule has 3 heteroatoms. The summed E-state index contributed by atoms with van der Waals surface area (Å²) in [7, 11) is 0. The topological polar surface area (TPSA) is 0 Å². The summed E-state index contributed by atoms with van der Waals surface area (Å²) in [4.78, 5) is 1.08. The van der Waals surface area contributed by atoms with Crippen LogP contribution in [0, 0.1) is 0 Å². The van der Waals surface area contributed by atoms with Gasteiger partial charge >= 0.3 is 111 Å². The maximum atomic E-state index is 12.9. The van der Waals surface area contributed by atoms with Gasteiger partial charge in [0.05, 0.1) is 0 Å². The zero-order chi connectivity index (χ0) is 11.9. The normalized spacial score (nSPS) is 11.5. The van der Waals surface area contributed by atoms with Crippen LogP contribution in [0.4, 0.5) is 4.39 Å². The second-order valence-corrected chi connectivity index (χ2v) is 7.30. The van der Waals surface area contributed by atoms with E-state index in [-0.39, 0.29) is 15.0 Å². The molecular formula is C14H11FSSe. The van der Waals surface area contributed by atoms with E-state index in [4.69, 9.17) is 0 Å². The van der Waals surface area contributed by atoms with Crippen molar-refractivity contribution in [3.63, 3.8) is 0 Å². The Bertz CT molecular complexity index is 439. The van der Waals surface area contributed by atoms with Crippen molar-refractivity contribution in [2.45, 2.75) is 4.90 Å². The van der Waals surface area contributed by atoms with Gasteiger partial charge in [0.1, 0.15) is 0 Å². The third-order valence-corrected chi connectivity index (χ3v) is 5.44. The van der Waals surface area contributed by atoms with Gasteiger partial charge in [0, 0.05) is 0 Å². The van der Waals surface area contributed by atoms with E-state index < -0.39 is 0 Å².